The van der Waals surface area contributed by atoms with Crippen molar-refractivity contribution >= 4 is 5.97 Å². The third-order valence-electron chi connectivity index (χ3n) is 2.44. The van der Waals surface area contributed by atoms with Gasteiger partial charge in [0, 0.05) is 5.57 Å². The van der Waals surface area contributed by atoms with Crippen molar-refractivity contribution in [2.24, 2.45) is 0 Å². The van der Waals surface area contributed by atoms with E-state index in [9.17, 15) is 4.79 Å². The smallest absolute Gasteiger partial charge is 0.333 e. The van der Waals surface area contributed by atoms with Crippen LogP contribution >= 0.6 is 0 Å². The van der Waals surface area contributed by atoms with E-state index in [1.54, 1.807) is 6.08 Å². The lowest BCUT2D eigenvalue weighted by Gasteiger charge is -2.16. The van der Waals surface area contributed by atoms with Gasteiger partial charge in [0.25, 0.3) is 0 Å². The zero-order valence-electron chi connectivity index (χ0n) is 15.2. The van der Waals surface area contributed by atoms with Gasteiger partial charge in [-0.25, -0.2) is 4.79 Å². The molecule has 0 aromatic heterocycles. The van der Waals surface area contributed by atoms with Gasteiger partial charge in [-0.2, -0.15) is 0 Å². The molecule has 0 saturated heterocycles. The van der Waals surface area contributed by atoms with Crippen molar-refractivity contribution in [1.82, 2.24) is 0 Å². The van der Waals surface area contributed by atoms with Crippen molar-refractivity contribution < 1.29 is 9.53 Å². The van der Waals surface area contributed by atoms with Crippen LogP contribution in [0.2, 0.25) is 0 Å². The molecule has 1 aliphatic carbocycles. The summed E-state index contributed by atoms with van der Waals surface area (Å²) >= 11 is 0. The van der Waals surface area contributed by atoms with E-state index in [2.05, 4.69) is 6.58 Å². The third-order valence-corrected chi connectivity index (χ3v) is 2.44. The van der Waals surface area contributed by atoms with Gasteiger partial charge in [-0.3, -0.25) is 0 Å². The first-order valence-corrected chi connectivity index (χ1v) is 8.00. The molecule has 0 atom stereocenters. The Kier molecular flexibility index (Phi) is 21.5. The molecule has 0 saturated carbocycles. The van der Waals surface area contributed by atoms with Crippen molar-refractivity contribution in [2.75, 3.05) is 7.11 Å². The molecule has 0 spiro atoms. The summed E-state index contributed by atoms with van der Waals surface area (Å²) in [6, 6.07) is 0. The van der Waals surface area contributed by atoms with Gasteiger partial charge in [0.1, 0.15) is 0 Å². The molecule has 2 heteroatoms. The van der Waals surface area contributed by atoms with Gasteiger partial charge >= 0.3 is 5.97 Å². The summed E-state index contributed by atoms with van der Waals surface area (Å²) < 4.78 is 4.70. The molecule has 1 aliphatic rings. The summed E-state index contributed by atoms with van der Waals surface area (Å²) in [4.78, 5) is 11.3. The van der Waals surface area contributed by atoms with Crippen LogP contribution in [0.15, 0.2) is 47.6 Å². The lowest BCUT2D eigenvalue weighted by atomic mass is 9.90. The second kappa shape index (κ2) is 18.4. The molecule has 1 rings (SSSR count). The molecule has 0 N–H and O–H groups in total. The number of hydrogen-bond donors (Lipinski definition) is 0. The molecule has 21 heavy (non-hydrogen) atoms. The second-order valence-corrected chi connectivity index (χ2v) is 3.33. The molecule has 0 bridgehead atoms. The summed E-state index contributed by atoms with van der Waals surface area (Å²) in [5, 5.41) is 0. The number of carbonyl (C=O) groups excluding carboxylic acids is 1. The van der Waals surface area contributed by atoms with E-state index >= 15 is 0 Å². The number of esters is 1. The number of allylic oxidation sites excluding steroid dienone is 6. The van der Waals surface area contributed by atoms with E-state index in [-0.39, 0.29) is 5.97 Å². The molecule has 2 nitrogen and oxygen atoms in total. The zero-order chi connectivity index (χ0) is 17.3. The molecule has 0 amide bonds. The number of ether oxygens (including phenoxy) is 1. The van der Waals surface area contributed by atoms with Crippen LogP contribution in [0.4, 0.5) is 0 Å². The fourth-order valence-corrected chi connectivity index (χ4v) is 1.65. The average Bonchev–Trinajstić information content (AvgIpc) is 2.60. The average molecular weight is 294 g/mol. The lowest BCUT2D eigenvalue weighted by molar-refractivity contribution is -0.136. The molecule has 0 fully saturated rings. The molecule has 0 unspecified atom stereocenters. The Balaban J connectivity index is -0.000000478. The number of methoxy groups -OCH3 is 1. The molecule has 0 radical (unpaired) electrons. The number of hydrogen-bond acceptors (Lipinski definition) is 2. The minimum Gasteiger partial charge on any atom is -0.466 e. The molecule has 0 aromatic carbocycles. The van der Waals surface area contributed by atoms with E-state index in [1.165, 1.54) is 12.7 Å². The first-order valence-electron chi connectivity index (χ1n) is 8.00. The van der Waals surface area contributed by atoms with Gasteiger partial charge in [-0.15, -0.1) is 0 Å². The van der Waals surface area contributed by atoms with Gasteiger partial charge < -0.3 is 4.74 Å². The van der Waals surface area contributed by atoms with Crippen molar-refractivity contribution in [3.05, 3.63) is 47.6 Å². The summed E-state index contributed by atoms with van der Waals surface area (Å²) in [7, 11) is 1.41. The molecule has 0 aromatic rings. The van der Waals surface area contributed by atoms with Crippen LogP contribution in [-0.2, 0) is 9.53 Å². The maximum atomic E-state index is 11.3. The largest absolute Gasteiger partial charge is 0.466 e. The maximum Gasteiger partial charge on any atom is 0.333 e. The Bertz CT molecular complexity index is 358. The number of carbonyl (C=O) groups is 1. The third kappa shape index (κ3) is 9.89. The lowest BCUT2D eigenvalue weighted by Crippen LogP contribution is -2.09. The van der Waals surface area contributed by atoms with Crippen molar-refractivity contribution in [3.63, 3.8) is 0 Å². The Hall–Kier alpha value is -1.57. The molecule has 0 heterocycles. The quantitative estimate of drug-likeness (QED) is 0.582. The highest BCUT2D eigenvalue weighted by atomic mass is 16.5. The summed E-state index contributed by atoms with van der Waals surface area (Å²) in [6.07, 6.45) is 9.26. The van der Waals surface area contributed by atoms with Gasteiger partial charge in [-0.1, -0.05) is 66.3 Å². The van der Waals surface area contributed by atoms with Gasteiger partial charge in [0.15, 0.2) is 0 Å². The van der Waals surface area contributed by atoms with Crippen molar-refractivity contribution in [1.29, 1.82) is 0 Å². The van der Waals surface area contributed by atoms with E-state index < -0.39 is 0 Å². The Labute approximate surface area is 132 Å². The summed E-state index contributed by atoms with van der Waals surface area (Å²) in [6.45, 7) is 17.6. The SMILES string of the molecule is C=C/C=C1/CCC(C(=O)OC)=C/C1=C/C.CC.CC.CC. The van der Waals surface area contributed by atoms with E-state index in [4.69, 9.17) is 4.74 Å². The number of rotatable bonds is 2. The summed E-state index contributed by atoms with van der Waals surface area (Å²) in [5.41, 5.74) is 3.05. The highest BCUT2D eigenvalue weighted by Crippen LogP contribution is 2.28. The maximum absolute atomic E-state index is 11.3. The normalized spacial score (nSPS) is 16.1. The zero-order valence-corrected chi connectivity index (χ0v) is 15.2. The van der Waals surface area contributed by atoms with Crippen LogP contribution in [0.1, 0.15) is 61.3 Å². The van der Waals surface area contributed by atoms with Crippen LogP contribution in [0.3, 0.4) is 0 Å². The highest BCUT2D eigenvalue weighted by Gasteiger charge is 2.17. The van der Waals surface area contributed by atoms with E-state index in [1.807, 2.05) is 66.7 Å². The Morgan fingerprint density at radius 1 is 1.14 bits per heavy atom. The van der Waals surface area contributed by atoms with E-state index in [0.717, 1.165) is 24.0 Å². The molecular weight excluding hydrogens is 260 g/mol. The van der Waals surface area contributed by atoms with Crippen LogP contribution in [0, 0.1) is 0 Å². The Morgan fingerprint density at radius 2 is 1.67 bits per heavy atom. The fourth-order valence-electron chi connectivity index (χ4n) is 1.65. The topological polar surface area (TPSA) is 26.3 Å². The van der Waals surface area contributed by atoms with Crippen LogP contribution in [-0.4, -0.2) is 13.1 Å². The molecular formula is C19H34O2. The predicted molar refractivity (Wildman–Crippen MR) is 95.4 cm³/mol. The van der Waals surface area contributed by atoms with Gasteiger partial charge in [0.05, 0.1) is 7.11 Å². The Morgan fingerprint density at radius 3 is 2.05 bits per heavy atom. The van der Waals surface area contributed by atoms with Crippen molar-refractivity contribution in [2.45, 2.75) is 61.3 Å². The summed E-state index contributed by atoms with van der Waals surface area (Å²) in [5.74, 6) is -0.230. The predicted octanol–water partition coefficient (Wildman–Crippen LogP) is 6.02. The minimum absolute atomic E-state index is 0.230. The fraction of sp³-hybridized carbons (Fsp3) is 0.526. The van der Waals surface area contributed by atoms with Gasteiger partial charge in [-0.05, 0) is 37.0 Å². The standard InChI is InChI=1S/C13H16O2.3C2H6/c1-4-6-11-7-8-12(13(14)15-3)9-10(11)5-2;3*1-2/h4-6,9H,1,7-8H2,2-3H3;3*1-2H3/b10-5-,11-6-;;;. The van der Waals surface area contributed by atoms with Gasteiger partial charge in [0.2, 0.25) is 0 Å². The van der Waals surface area contributed by atoms with Crippen molar-refractivity contribution in [3.8, 4) is 0 Å². The van der Waals surface area contributed by atoms with E-state index in [0.29, 0.717) is 0 Å². The molecule has 0 aliphatic heterocycles. The van der Waals surface area contributed by atoms with Crippen LogP contribution < -0.4 is 0 Å². The highest BCUT2D eigenvalue weighted by molar-refractivity contribution is 5.89. The molecule has 122 valence electrons. The van der Waals surface area contributed by atoms with Crippen LogP contribution in [0.25, 0.3) is 0 Å². The first kappa shape index (κ1) is 24.4. The first-order chi connectivity index (χ1) is 10.2. The van der Waals surface area contributed by atoms with Crippen LogP contribution in [0.5, 0.6) is 0 Å². The second-order valence-electron chi connectivity index (χ2n) is 3.33. The minimum atomic E-state index is -0.230. The monoisotopic (exact) mass is 294 g/mol.